The molecule has 0 aromatic rings. The number of carbonyl (C=O) groups is 1. The summed E-state index contributed by atoms with van der Waals surface area (Å²) in [4.78, 5) is 11.6. The minimum Gasteiger partial charge on any atom is -0.354 e. The normalized spacial score (nSPS) is 19.0. The molecular formula is C11H23ClN2OS. The van der Waals surface area contributed by atoms with Crippen molar-refractivity contribution < 1.29 is 4.79 Å². The van der Waals surface area contributed by atoms with Crippen molar-refractivity contribution in [1.29, 1.82) is 0 Å². The average molecular weight is 267 g/mol. The first-order chi connectivity index (χ1) is 7.11. The van der Waals surface area contributed by atoms with Gasteiger partial charge in [0, 0.05) is 6.54 Å². The summed E-state index contributed by atoms with van der Waals surface area (Å²) < 4.78 is 0. The zero-order valence-corrected chi connectivity index (χ0v) is 11.7. The predicted octanol–water partition coefficient (Wildman–Crippen LogP) is 1.65. The van der Waals surface area contributed by atoms with E-state index in [1.54, 1.807) is 0 Å². The van der Waals surface area contributed by atoms with Crippen LogP contribution >= 0.6 is 24.2 Å². The number of nitrogens with one attached hydrogen (secondary N) is 1. The summed E-state index contributed by atoms with van der Waals surface area (Å²) in [7, 11) is 0. The Kier molecular flexibility index (Phi) is 8.24. The SMILES string of the molecule is CC(C)[C@@H](N)C(=O)NCC1CCSCC1.Cl. The van der Waals surface area contributed by atoms with Gasteiger partial charge in [0.15, 0.2) is 0 Å². The Bertz CT molecular complexity index is 208. The minimum absolute atomic E-state index is 0. The Labute approximate surface area is 109 Å². The zero-order chi connectivity index (χ0) is 11.3. The average Bonchev–Trinajstić information content (AvgIpc) is 2.26. The van der Waals surface area contributed by atoms with Gasteiger partial charge >= 0.3 is 0 Å². The van der Waals surface area contributed by atoms with E-state index in [4.69, 9.17) is 5.73 Å². The van der Waals surface area contributed by atoms with E-state index in [1.165, 1.54) is 24.3 Å². The van der Waals surface area contributed by atoms with Gasteiger partial charge in [-0.05, 0) is 36.2 Å². The van der Waals surface area contributed by atoms with Crippen LogP contribution in [0.25, 0.3) is 0 Å². The third-order valence-corrected chi connectivity index (χ3v) is 3.98. The number of hydrogen-bond donors (Lipinski definition) is 2. The molecule has 5 heteroatoms. The first-order valence-corrected chi connectivity index (χ1v) is 6.87. The van der Waals surface area contributed by atoms with Crippen molar-refractivity contribution in [3.05, 3.63) is 0 Å². The second kappa shape index (κ2) is 8.20. The molecule has 1 amide bonds. The molecule has 3 nitrogen and oxygen atoms in total. The Hall–Kier alpha value is 0.0700. The summed E-state index contributed by atoms with van der Waals surface area (Å²) in [6, 6.07) is -0.358. The van der Waals surface area contributed by atoms with Gasteiger partial charge in [0.2, 0.25) is 5.91 Å². The van der Waals surface area contributed by atoms with Gasteiger partial charge in [-0.15, -0.1) is 12.4 Å². The fourth-order valence-corrected chi connectivity index (χ4v) is 2.82. The first-order valence-electron chi connectivity index (χ1n) is 5.72. The lowest BCUT2D eigenvalue weighted by atomic mass is 10.0. The highest BCUT2D eigenvalue weighted by Crippen LogP contribution is 2.21. The smallest absolute Gasteiger partial charge is 0.237 e. The van der Waals surface area contributed by atoms with Crippen LogP contribution in [0.2, 0.25) is 0 Å². The number of thioether (sulfide) groups is 1. The lowest BCUT2D eigenvalue weighted by Crippen LogP contribution is -2.45. The number of nitrogens with two attached hydrogens (primary N) is 1. The molecule has 16 heavy (non-hydrogen) atoms. The summed E-state index contributed by atoms with van der Waals surface area (Å²) in [5.41, 5.74) is 5.76. The van der Waals surface area contributed by atoms with Crippen LogP contribution in [0.4, 0.5) is 0 Å². The lowest BCUT2D eigenvalue weighted by molar-refractivity contribution is -0.123. The highest BCUT2D eigenvalue weighted by molar-refractivity contribution is 7.99. The van der Waals surface area contributed by atoms with Crippen LogP contribution in [0.15, 0.2) is 0 Å². The number of amides is 1. The molecule has 1 aliphatic heterocycles. The molecule has 0 spiro atoms. The second-order valence-electron chi connectivity index (χ2n) is 4.57. The molecule has 3 N–H and O–H groups in total. The number of rotatable bonds is 4. The van der Waals surface area contributed by atoms with Gasteiger partial charge in [0.25, 0.3) is 0 Å². The van der Waals surface area contributed by atoms with Crippen molar-refractivity contribution in [2.24, 2.45) is 17.6 Å². The van der Waals surface area contributed by atoms with Crippen LogP contribution < -0.4 is 11.1 Å². The number of halogens is 1. The molecule has 0 bridgehead atoms. The van der Waals surface area contributed by atoms with E-state index in [-0.39, 0.29) is 30.3 Å². The fourth-order valence-electron chi connectivity index (χ4n) is 1.62. The van der Waals surface area contributed by atoms with Crippen molar-refractivity contribution >= 4 is 30.1 Å². The van der Waals surface area contributed by atoms with Gasteiger partial charge < -0.3 is 11.1 Å². The molecule has 0 aromatic carbocycles. The first kappa shape index (κ1) is 16.1. The van der Waals surface area contributed by atoms with E-state index >= 15 is 0 Å². The molecule has 1 rings (SSSR count). The summed E-state index contributed by atoms with van der Waals surface area (Å²) >= 11 is 2.01. The van der Waals surface area contributed by atoms with Gasteiger partial charge in [-0.1, -0.05) is 13.8 Å². The molecule has 1 atom stereocenters. The number of hydrogen-bond acceptors (Lipinski definition) is 3. The molecule has 96 valence electrons. The molecule has 0 radical (unpaired) electrons. The highest BCUT2D eigenvalue weighted by Gasteiger charge is 2.19. The third-order valence-electron chi connectivity index (χ3n) is 2.93. The van der Waals surface area contributed by atoms with Crippen LogP contribution in [0.3, 0.4) is 0 Å². The van der Waals surface area contributed by atoms with Crippen molar-refractivity contribution in [2.45, 2.75) is 32.7 Å². The molecule has 1 aliphatic rings. The topological polar surface area (TPSA) is 55.1 Å². The van der Waals surface area contributed by atoms with Crippen LogP contribution in [0, 0.1) is 11.8 Å². The maximum atomic E-state index is 11.6. The molecule has 0 aliphatic carbocycles. The van der Waals surface area contributed by atoms with Gasteiger partial charge in [-0.2, -0.15) is 11.8 Å². The maximum Gasteiger partial charge on any atom is 0.237 e. The number of carbonyl (C=O) groups excluding carboxylic acids is 1. The molecule has 0 saturated carbocycles. The van der Waals surface area contributed by atoms with Gasteiger partial charge in [-0.25, -0.2) is 0 Å². The van der Waals surface area contributed by atoms with Crippen molar-refractivity contribution in [2.75, 3.05) is 18.1 Å². The molecule has 1 fully saturated rings. The van der Waals surface area contributed by atoms with Crippen LogP contribution in [-0.2, 0) is 4.79 Å². The summed E-state index contributed by atoms with van der Waals surface area (Å²) in [6.45, 7) is 4.75. The Balaban J connectivity index is 0.00000225. The molecular weight excluding hydrogens is 244 g/mol. The van der Waals surface area contributed by atoms with Crippen molar-refractivity contribution in [3.63, 3.8) is 0 Å². The third kappa shape index (κ3) is 5.41. The minimum atomic E-state index is -0.358. The van der Waals surface area contributed by atoms with Crippen LogP contribution in [-0.4, -0.2) is 30.0 Å². The zero-order valence-electron chi connectivity index (χ0n) is 10.1. The Morgan fingerprint density at radius 1 is 1.44 bits per heavy atom. The summed E-state index contributed by atoms with van der Waals surface area (Å²) in [6.07, 6.45) is 2.45. The second-order valence-corrected chi connectivity index (χ2v) is 5.80. The molecule has 1 saturated heterocycles. The fraction of sp³-hybridized carbons (Fsp3) is 0.909. The summed E-state index contributed by atoms with van der Waals surface area (Å²) in [5, 5.41) is 2.96. The van der Waals surface area contributed by atoms with Crippen LogP contribution in [0.5, 0.6) is 0 Å². The largest absolute Gasteiger partial charge is 0.354 e. The van der Waals surface area contributed by atoms with Crippen LogP contribution in [0.1, 0.15) is 26.7 Å². The standard InChI is InChI=1S/C11H22N2OS.ClH/c1-8(2)10(12)11(14)13-7-9-3-5-15-6-4-9;/h8-10H,3-7,12H2,1-2H3,(H,13,14);1H/t10-;/m1./s1. The van der Waals surface area contributed by atoms with Crippen molar-refractivity contribution in [3.8, 4) is 0 Å². The van der Waals surface area contributed by atoms with E-state index in [0.29, 0.717) is 5.92 Å². The van der Waals surface area contributed by atoms with E-state index in [2.05, 4.69) is 5.32 Å². The van der Waals surface area contributed by atoms with Gasteiger partial charge in [-0.3, -0.25) is 4.79 Å². The Morgan fingerprint density at radius 2 is 2.00 bits per heavy atom. The van der Waals surface area contributed by atoms with E-state index in [1.807, 2.05) is 25.6 Å². The molecule has 0 unspecified atom stereocenters. The summed E-state index contributed by atoms with van der Waals surface area (Å²) in [5.74, 6) is 3.35. The monoisotopic (exact) mass is 266 g/mol. The van der Waals surface area contributed by atoms with E-state index < -0.39 is 0 Å². The quantitative estimate of drug-likeness (QED) is 0.814. The predicted molar refractivity (Wildman–Crippen MR) is 73.1 cm³/mol. The highest BCUT2D eigenvalue weighted by atomic mass is 35.5. The van der Waals surface area contributed by atoms with E-state index in [0.717, 1.165) is 6.54 Å². The molecule has 1 heterocycles. The van der Waals surface area contributed by atoms with Crippen molar-refractivity contribution in [1.82, 2.24) is 5.32 Å². The maximum absolute atomic E-state index is 11.6. The van der Waals surface area contributed by atoms with Gasteiger partial charge in [0.05, 0.1) is 6.04 Å². The van der Waals surface area contributed by atoms with E-state index in [9.17, 15) is 4.79 Å². The van der Waals surface area contributed by atoms with Gasteiger partial charge in [0.1, 0.15) is 0 Å². The lowest BCUT2D eigenvalue weighted by Gasteiger charge is -2.23. The molecule has 0 aromatic heterocycles. The Morgan fingerprint density at radius 3 is 2.50 bits per heavy atom.